The van der Waals surface area contributed by atoms with E-state index in [2.05, 4.69) is 35.4 Å². The first-order valence-electron chi connectivity index (χ1n) is 8.55. The molecule has 1 atom stereocenters. The summed E-state index contributed by atoms with van der Waals surface area (Å²) in [6.07, 6.45) is 6.74. The largest absolute Gasteiger partial charge is 0.386 e. The van der Waals surface area contributed by atoms with Crippen molar-refractivity contribution in [1.82, 2.24) is 0 Å². The first-order valence-corrected chi connectivity index (χ1v) is 9.49. The zero-order valence-corrected chi connectivity index (χ0v) is 15.1. The van der Waals surface area contributed by atoms with Crippen LogP contribution in [0.1, 0.15) is 78.1 Å². The third kappa shape index (κ3) is 4.78. The predicted molar refractivity (Wildman–Crippen MR) is 97.7 cm³/mol. The lowest BCUT2D eigenvalue weighted by atomic mass is 9.92. The lowest BCUT2D eigenvalue weighted by molar-refractivity contribution is 0.0444. The zero-order valence-electron chi connectivity index (χ0n) is 14.3. The van der Waals surface area contributed by atoms with Gasteiger partial charge in [-0.1, -0.05) is 45.2 Å². The number of hydrogen-bond acceptors (Lipinski definition) is 4. The van der Waals surface area contributed by atoms with Crippen molar-refractivity contribution in [2.24, 2.45) is 0 Å². The molecule has 3 rings (SSSR count). The van der Waals surface area contributed by atoms with Crippen LogP contribution in [0.5, 0.6) is 0 Å². The molecule has 0 spiro atoms. The van der Waals surface area contributed by atoms with Gasteiger partial charge in [0, 0.05) is 0 Å². The highest BCUT2D eigenvalue weighted by Gasteiger charge is 2.28. The van der Waals surface area contributed by atoms with Crippen molar-refractivity contribution in [3.05, 3.63) is 57.8 Å². The predicted octanol–water partition coefficient (Wildman–Crippen LogP) is 5.82. The van der Waals surface area contributed by atoms with E-state index in [0.717, 1.165) is 5.92 Å². The maximum absolute atomic E-state index is 10.8. The molecule has 0 bridgehead atoms. The molecule has 1 aliphatic rings. The molecule has 4 heteroatoms. The van der Waals surface area contributed by atoms with Crippen molar-refractivity contribution in [2.75, 3.05) is 0 Å². The number of carbonyl (C=O) groups excluding carboxylic acids is 2. The number of thiophene rings is 1. The number of rotatable bonds is 6. The number of fused-ring (bicyclic) bond motifs is 1. The highest BCUT2D eigenvalue weighted by molar-refractivity contribution is 7.07. The summed E-state index contributed by atoms with van der Waals surface area (Å²) in [7, 11) is 0. The smallest absolute Gasteiger partial charge is 0.346 e. The maximum Gasteiger partial charge on any atom is 0.346 e. The molecule has 0 fully saturated rings. The maximum atomic E-state index is 10.8. The van der Waals surface area contributed by atoms with Crippen molar-refractivity contribution >= 4 is 23.3 Å². The van der Waals surface area contributed by atoms with Crippen LogP contribution in [0.25, 0.3) is 0 Å². The van der Waals surface area contributed by atoms with Crippen molar-refractivity contribution < 1.29 is 14.3 Å². The Balaban J connectivity index is 0.000000175. The Morgan fingerprint density at radius 1 is 0.958 bits per heavy atom. The molecule has 0 saturated carbocycles. The first-order chi connectivity index (χ1) is 11.7. The molecule has 2 heterocycles. The van der Waals surface area contributed by atoms with Crippen LogP contribution < -0.4 is 0 Å². The number of unbranched alkanes of at least 4 members (excludes halogenated alkanes) is 1. The number of cyclic esters (lactones) is 2. The van der Waals surface area contributed by atoms with Crippen LogP contribution in [0.2, 0.25) is 0 Å². The third-order valence-electron chi connectivity index (χ3n) is 4.11. The molecule has 3 nitrogen and oxygen atoms in total. The van der Waals surface area contributed by atoms with E-state index in [9.17, 15) is 9.59 Å². The summed E-state index contributed by atoms with van der Waals surface area (Å²) >= 11 is 1.83. The number of hydrogen-bond donors (Lipinski definition) is 0. The minimum atomic E-state index is -0.550. The van der Waals surface area contributed by atoms with E-state index in [1.807, 2.05) is 11.3 Å². The van der Waals surface area contributed by atoms with Gasteiger partial charge in [-0.25, -0.2) is 9.59 Å². The van der Waals surface area contributed by atoms with Crippen molar-refractivity contribution in [3.63, 3.8) is 0 Å². The molecule has 1 unspecified atom stereocenters. The zero-order chi connectivity index (χ0) is 17.4. The lowest BCUT2D eigenvalue weighted by Crippen LogP contribution is -1.96. The molecule has 0 radical (unpaired) electrons. The number of esters is 2. The quantitative estimate of drug-likeness (QED) is 0.490. The van der Waals surface area contributed by atoms with Gasteiger partial charge < -0.3 is 4.74 Å². The average Bonchev–Trinajstić information content (AvgIpc) is 3.22. The second-order valence-electron chi connectivity index (χ2n) is 5.91. The SMILES string of the molecule is CCCCC(CCC)c1ccsc1.O=C1OC(=O)c2ccccc21. The molecule has 0 saturated heterocycles. The van der Waals surface area contributed by atoms with Crippen LogP contribution in [0, 0.1) is 0 Å². The Kier molecular flexibility index (Phi) is 7.19. The second kappa shape index (κ2) is 9.38. The van der Waals surface area contributed by atoms with Gasteiger partial charge in [0.05, 0.1) is 11.1 Å². The van der Waals surface area contributed by atoms with Crippen LogP contribution in [0.3, 0.4) is 0 Å². The van der Waals surface area contributed by atoms with E-state index in [-0.39, 0.29) is 0 Å². The normalized spacial score (nSPS) is 13.8. The Morgan fingerprint density at radius 3 is 2.12 bits per heavy atom. The summed E-state index contributed by atoms with van der Waals surface area (Å²) in [5.74, 6) is -0.271. The van der Waals surface area contributed by atoms with Gasteiger partial charge >= 0.3 is 11.9 Å². The third-order valence-corrected chi connectivity index (χ3v) is 4.81. The molecule has 2 aromatic rings. The van der Waals surface area contributed by atoms with Gasteiger partial charge in [-0.15, -0.1) is 0 Å². The van der Waals surface area contributed by atoms with E-state index in [1.54, 1.807) is 29.8 Å². The molecule has 1 aromatic heterocycles. The fourth-order valence-corrected chi connectivity index (χ4v) is 3.56. The molecule has 128 valence electrons. The number of ether oxygens (including phenoxy) is 1. The van der Waals surface area contributed by atoms with Gasteiger partial charge in [-0.2, -0.15) is 11.3 Å². The van der Waals surface area contributed by atoms with Crippen molar-refractivity contribution in [3.8, 4) is 0 Å². The first kappa shape index (κ1) is 18.4. The minimum absolute atomic E-state index is 0.359. The summed E-state index contributed by atoms with van der Waals surface area (Å²) in [6.45, 7) is 4.56. The summed E-state index contributed by atoms with van der Waals surface area (Å²) in [5, 5.41) is 4.51. The lowest BCUT2D eigenvalue weighted by Gasteiger charge is -2.13. The molecule has 24 heavy (non-hydrogen) atoms. The molecular formula is C20H24O3S. The second-order valence-corrected chi connectivity index (χ2v) is 6.69. The van der Waals surface area contributed by atoms with Crippen LogP contribution >= 0.6 is 11.3 Å². The van der Waals surface area contributed by atoms with Crippen LogP contribution in [0.15, 0.2) is 41.1 Å². The van der Waals surface area contributed by atoms with Gasteiger partial charge in [0.1, 0.15) is 0 Å². The van der Waals surface area contributed by atoms with E-state index < -0.39 is 11.9 Å². The Bertz CT molecular complexity index is 628. The van der Waals surface area contributed by atoms with Gasteiger partial charge in [-0.05, 0) is 53.3 Å². The standard InChI is InChI=1S/C12H20S.C8H4O3/c1-3-5-7-11(6-4-2)12-8-9-13-10-12;9-7-5-3-1-2-4-6(5)8(10)11-7/h8-11H,3-7H2,1-2H3;1-4H. The van der Waals surface area contributed by atoms with Crippen molar-refractivity contribution in [2.45, 2.75) is 51.9 Å². The Hall–Kier alpha value is -1.94. The molecule has 1 aliphatic heterocycles. The van der Waals surface area contributed by atoms with E-state index in [4.69, 9.17) is 0 Å². The van der Waals surface area contributed by atoms with E-state index >= 15 is 0 Å². The summed E-state index contributed by atoms with van der Waals surface area (Å²) in [6, 6.07) is 8.82. The fraction of sp³-hybridized carbons (Fsp3) is 0.400. The van der Waals surface area contributed by atoms with Crippen molar-refractivity contribution in [1.29, 1.82) is 0 Å². The highest BCUT2D eigenvalue weighted by atomic mass is 32.1. The van der Waals surface area contributed by atoms with Gasteiger partial charge in [0.2, 0.25) is 0 Å². The van der Waals surface area contributed by atoms with Crippen LogP contribution in [-0.4, -0.2) is 11.9 Å². The monoisotopic (exact) mass is 344 g/mol. The molecular weight excluding hydrogens is 320 g/mol. The molecule has 0 amide bonds. The van der Waals surface area contributed by atoms with E-state index in [1.165, 1.54) is 32.1 Å². The average molecular weight is 344 g/mol. The minimum Gasteiger partial charge on any atom is -0.386 e. The highest BCUT2D eigenvalue weighted by Crippen LogP contribution is 2.28. The summed E-state index contributed by atoms with van der Waals surface area (Å²) < 4.78 is 4.35. The Labute approximate surface area is 147 Å². The molecule has 1 aromatic carbocycles. The van der Waals surface area contributed by atoms with Crippen LogP contribution in [0.4, 0.5) is 0 Å². The number of benzene rings is 1. The molecule has 0 N–H and O–H groups in total. The van der Waals surface area contributed by atoms with Crippen LogP contribution in [-0.2, 0) is 4.74 Å². The van der Waals surface area contributed by atoms with Gasteiger partial charge in [0.25, 0.3) is 0 Å². The fourth-order valence-electron chi connectivity index (χ4n) is 2.82. The molecule has 0 aliphatic carbocycles. The number of carbonyl (C=O) groups is 2. The van der Waals surface area contributed by atoms with Gasteiger partial charge in [-0.3, -0.25) is 0 Å². The topological polar surface area (TPSA) is 43.4 Å². The Morgan fingerprint density at radius 2 is 1.62 bits per heavy atom. The van der Waals surface area contributed by atoms with Gasteiger partial charge in [0.15, 0.2) is 0 Å². The van der Waals surface area contributed by atoms with E-state index in [0.29, 0.717) is 11.1 Å². The summed E-state index contributed by atoms with van der Waals surface area (Å²) in [5.41, 5.74) is 2.29. The summed E-state index contributed by atoms with van der Waals surface area (Å²) in [4.78, 5) is 21.7.